The van der Waals surface area contributed by atoms with Crippen LogP contribution in [0.1, 0.15) is 15.9 Å². The third kappa shape index (κ3) is 3.30. The largest absolute Gasteiger partial charge is 0.478 e. The summed E-state index contributed by atoms with van der Waals surface area (Å²) in [6, 6.07) is 9.44. The molecular formula is C14H10INO5. The maximum absolute atomic E-state index is 11.1. The minimum absolute atomic E-state index is 0.158. The molecule has 0 atom stereocenters. The number of hydrogen-bond donors (Lipinski definition) is 1. The molecule has 0 unspecified atom stereocenters. The van der Waals surface area contributed by atoms with E-state index < -0.39 is 10.9 Å². The zero-order valence-corrected chi connectivity index (χ0v) is 13.0. The number of nitro groups is 1. The monoisotopic (exact) mass is 399 g/mol. The van der Waals surface area contributed by atoms with Crippen LogP contribution in [0.15, 0.2) is 36.4 Å². The van der Waals surface area contributed by atoms with Gasteiger partial charge in [0.2, 0.25) is 0 Å². The summed E-state index contributed by atoms with van der Waals surface area (Å²) in [5.41, 5.74) is -0.186. The molecule has 2 aromatic rings. The van der Waals surface area contributed by atoms with Crippen LogP contribution in [0.25, 0.3) is 0 Å². The van der Waals surface area contributed by atoms with E-state index in [0.29, 0.717) is 5.75 Å². The van der Waals surface area contributed by atoms with Crippen molar-refractivity contribution >= 4 is 34.2 Å². The van der Waals surface area contributed by atoms with Crippen molar-refractivity contribution in [1.29, 1.82) is 0 Å². The number of benzene rings is 2. The smallest absolute Gasteiger partial charge is 0.336 e. The van der Waals surface area contributed by atoms with E-state index in [9.17, 15) is 14.9 Å². The first-order valence-electron chi connectivity index (χ1n) is 5.85. The summed E-state index contributed by atoms with van der Waals surface area (Å²) < 4.78 is 6.46. The number of aromatic carboxylic acids is 1. The summed E-state index contributed by atoms with van der Waals surface area (Å²) in [5, 5.41) is 20.1. The number of carboxylic acid groups (broad SMARTS) is 1. The van der Waals surface area contributed by atoms with Crippen LogP contribution in [0, 0.1) is 20.6 Å². The SMILES string of the molecule is Cc1c(Oc2ccccc2I)cc(C(=O)O)cc1[N+](=O)[O-]. The molecule has 0 bridgehead atoms. The average molecular weight is 399 g/mol. The zero-order valence-electron chi connectivity index (χ0n) is 10.9. The summed E-state index contributed by atoms with van der Waals surface area (Å²) in [6.45, 7) is 1.52. The van der Waals surface area contributed by atoms with E-state index in [1.165, 1.54) is 13.0 Å². The highest BCUT2D eigenvalue weighted by molar-refractivity contribution is 14.1. The van der Waals surface area contributed by atoms with Gasteiger partial charge in [0.05, 0.1) is 19.6 Å². The van der Waals surface area contributed by atoms with Crippen LogP contribution in [0.2, 0.25) is 0 Å². The number of nitro benzene ring substituents is 1. The first kappa shape index (κ1) is 15.2. The molecule has 0 radical (unpaired) electrons. The van der Waals surface area contributed by atoms with Gasteiger partial charge in [-0.25, -0.2) is 4.79 Å². The summed E-state index contributed by atoms with van der Waals surface area (Å²) in [7, 11) is 0. The Morgan fingerprint density at radius 3 is 2.52 bits per heavy atom. The summed E-state index contributed by atoms with van der Waals surface area (Å²) >= 11 is 2.07. The summed E-state index contributed by atoms with van der Waals surface area (Å²) in [4.78, 5) is 21.5. The predicted molar refractivity (Wildman–Crippen MR) is 84.0 cm³/mol. The average Bonchev–Trinajstić information content (AvgIpc) is 2.42. The lowest BCUT2D eigenvalue weighted by molar-refractivity contribution is -0.385. The third-order valence-electron chi connectivity index (χ3n) is 2.83. The molecular weight excluding hydrogens is 389 g/mol. The second-order valence-electron chi connectivity index (χ2n) is 4.21. The van der Waals surface area contributed by atoms with Crippen molar-refractivity contribution < 1.29 is 19.6 Å². The van der Waals surface area contributed by atoms with Gasteiger partial charge in [0.15, 0.2) is 0 Å². The van der Waals surface area contributed by atoms with E-state index in [4.69, 9.17) is 9.84 Å². The molecule has 2 aromatic carbocycles. The maximum Gasteiger partial charge on any atom is 0.336 e. The van der Waals surface area contributed by atoms with E-state index in [1.54, 1.807) is 12.1 Å². The van der Waals surface area contributed by atoms with E-state index in [2.05, 4.69) is 22.6 Å². The number of hydrogen-bond acceptors (Lipinski definition) is 4. The first-order chi connectivity index (χ1) is 9.90. The Balaban J connectivity index is 2.55. The Labute approximate surface area is 133 Å². The van der Waals surface area contributed by atoms with Crippen LogP contribution in [-0.4, -0.2) is 16.0 Å². The number of ether oxygens (including phenoxy) is 1. The van der Waals surface area contributed by atoms with Gasteiger partial charge in [-0.1, -0.05) is 12.1 Å². The van der Waals surface area contributed by atoms with Crippen molar-refractivity contribution in [3.8, 4) is 11.5 Å². The molecule has 0 aliphatic rings. The zero-order chi connectivity index (χ0) is 15.6. The number of carbonyl (C=O) groups is 1. The lowest BCUT2D eigenvalue weighted by Crippen LogP contribution is -2.02. The molecule has 0 aliphatic heterocycles. The molecule has 1 N–H and O–H groups in total. The highest BCUT2D eigenvalue weighted by Gasteiger charge is 2.20. The Kier molecular flexibility index (Phi) is 4.41. The molecule has 0 aromatic heterocycles. The van der Waals surface area contributed by atoms with Gasteiger partial charge in [-0.3, -0.25) is 10.1 Å². The molecule has 21 heavy (non-hydrogen) atoms. The van der Waals surface area contributed by atoms with Gasteiger partial charge in [-0.2, -0.15) is 0 Å². The van der Waals surface area contributed by atoms with Gasteiger partial charge >= 0.3 is 5.97 Å². The van der Waals surface area contributed by atoms with Crippen LogP contribution < -0.4 is 4.74 Å². The van der Waals surface area contributed by atoms with Crippen molar-refractivity contribution in [3.63, 3.8) is 0 Å². The molecule has 7 heteroatoms. The Hall–Kier alpha value is -2.16. The van der Waals surface area contributed by atoms with E-state index in [0.717, 1.165) is 9.64 Å². The lowest BCUT2D eigenvalue weighted by atomic mass is 10.1. The van der Waals surface area contributed by atoms with Gasteiger partial charge < -0.3 is 9.84 Å². The number of nitrogens with zero attached hydrogens (tertiary/aromatic N) is 1. The topological polar surface area (TPSA) is 89.7 Å². The summed E-state index contributed by atoms with van der Waals surface area (Å²) in [5.74, 6) is -0.575. The Morgan fingerprint density at radius 1 is 1.29 bits per heavy atom. The van der Waals surface area contributed by atoms with Gasteiger partial charge in [-0.05, 0) is 47.7 Å². The van der Waals surface area contributed by atoms with Gasteiger partial charge in [0, 0.05) is 6.07 Å². The van der Waals surface area contributed by atoms with Gasteiger partial charge in [-0.15, -0.1) is 0 Å². The molecule has 0 aliphatic carbocycles. The fourth-order valence-electron chi connectivity index (χ4n) is 1.74. The quantitative estimate of drug-likeness (QED) is 0.477. The lowest BCUT2D eigenvalue weighted by Gasteiger charge is -2.11. The minimum atomic E-state index is -1.24. The number of carboxylic acids is 1. The van der Waals surface area contributed by atoms with Crippen LogP contribution >= 0.6 is 22.6 Å². The van der Waals surface area contributed by atoms with E-state index in [-0.39, 0.29) is 22.6 Å². The van der Waals surface area contributed by atoms with Crippen molar-refractivity contribution in [3.05, 3.63) is 61.2 Å². The maximum atomic E-state index is 11.1. The molecule has 2 rings (SSSR count). The predicted octanol–water partition coefficient (Wildman–Crippen LogP) is 4.00. The highest BCUT2D eigenvalue weighted by Crippen LogP contribution is 2.34. The van der Waals surface area contributed by atoms with E-state index >= 15 is 0 Å². The van der Waals surface area contributed by atoms with Crippen LogP contribution in [0.5, 0.6) is 11.5 Å². The van der Waals surface area contributed by atoms with Crippen molar-refractivity contribution in [2.45, 2.75) is 6.92 Å². The standard InChI is InChI=1S/C14H10INO5/c1-8-11(16(19)20)6-9(14(17)18)7-13(8)21-12-5-3-2-4-10(12)15/h2-7H,1H3,(H,17,18). The van der Waals surface area contributed by atoms with Crippen LogP contribution in [-0.2, 0) is 0 Å². The number of halogens is 1. The summed E-state index contributed by atoms with van der Waals surface area (Å²) in [6.07, 6.45) is 0. The Bertz CT molecular complexity index is 729. The first-order valence-corrected chi connectivity index (χ1v) is 6.92. The molecule has 0 fully saturated rings. The number of rotatable bonds is 4. The van der Waals surface area contributed by atoms with Crippen LogP contribution in [0.3, 0.4) is 0 Å². The van der Waals surface area contributed by atoms with E-state index in [1.807, 2.05) is 12.1 Å². The molecule has 0 amide bonds. The molecule has 108 valence electrons. The van der Waals surface area contributed by atoms with Crippen molar-refractivity contribution in [2.24, 2.45) is 0 Å². The fraction of sp³-hybridized carbons (Fsp3) is 0.0714. The molecule has 0 saturated heterocycles. The van der Waals surface area contributed by atoms with Gasteiger partial charge in [0.1, 0.15) is 11.5 Å². The molecule has 6 nitrogen and oxygen atoms in total. The third-order valence-corrected chi connectivity index (χ3v) is 3.72. The molecule has 0 spiro atoms. The second kappa shape index (κ2) is 6.08. The van der Waals surface area contributed by atoms with Crippen LogP contribution in [0.4, 0.5) is 5.69 Å². The molecule has 0 heterocycles. The minimum Gasteiger partial charge on any atom is -0.478 e. The molecule has 0 saturated carbocycles. The van der Waals surface area contributed by atoms with Crippen molar-refractivity contribution in [2.75, 3.05) is 0 Å². The fourth-order valence-corrected chi connectivity index (χ4v) is 2.24. The van der Waals surface area contributed by atoms with Gasteiger partial charge in [0.25, 0.3) is 5.69 Å². The normalized spacial score (nSPS) is 10.2. The Morgan fingerprint density at radius 2 is 1.95 bits per heavy atom. The highest BCUT2D eigenvalue weighted by atomic mass is 127. The second-order valence-corrected chi connectivity index (χ2v) is 5.38. The van der Waals surface area contributed by atoms with Crippen molar-refractivity contribution in [1.82, 2.24) is 0 Å². The number of para-hydroxylation sites is 1.